The second kappa shape index (κ2) is 5.66. The molecule has 1 aromatic carbocycles. The molecule has 0 saturated carbocycles. The molecule has 0 bridgehead atoms. The summed E-state index contributed by atoms with van der Waals surface area (Å²) in [4.78, 5) is 0. The molecule has 1 aromatic rings. The van der Waals surface area contributed by atoms with Crippen molar-refractivity contribution < 1.29 is 9.84 Å². The van der Waals surface area contributed by atoms with Gasteiger partial charge in [0.25, 0.3) is 0 Å². The molecular formula is C12H16BrNO2. The van der Waals surface area contributed by atoms with Gasteiger partial charge in [0.05, 0.1) is 17.7 Å². The Morgan fingerprint density at radius 2 is 2.38 bits per heavy atom. The van der Waals surface area contributed by atoms with E-state index in [-0.39, 0.29) is 12.6 Å². The average molecular weight is 286 g/mol. The first-order chi connectivity index (χ1) is 7.83. The second-order valence-corrected chi connectivity index (χ2v) is 4.73. The Labute approximate surface area is 104 Å². The van der Waals surface area contributed by atoms with Crippen LogP contribution in [0.2, 0.25) is 0 Å². The highest BCUT2D eigenvalue weighted by Gasteiger charge is 2.20. The molecule has 1 aliphatic heterocycles. The van der Waals surface area contributed by atoms with Crippen molar-refractivity contribution in [2.75, 3.05) is 19.8 Å². The molecule has 1 unspecified atom stereocenters. The number of rotatable bonds is 3. The minimum atomic E-state index is 0.167. The molecule has 1 heterocycles. The molecular weight excluding hydrogens is 270 g/mol. The van der Waals surface area contributed by atoms with Gasteiger partial charge in [-0.1, -0.05) is 12.1 Å². The van der Waals surface area contributed by atoms with Crippen molar-refractivity contribution >= 4 is 15.9 Å². The Kier molecular flexibility index (Phi) is 4.21. The SMILES string of the molecule is OCCNC1CCCOc2c(Br)cccc21. The van der Waals surface area contributed by atoms with Crippen LogP contribution >= 0.6 is 15.9 Å². The van der Waals surface area contributed by atoms with Crippen molar-refractivity contribution in [2.45, 2.75) is 18.9 Å². The van der Waals surface area contributed by atoms with Crippen molar-refractivity contribution in [3.8, 4) is 5.75 Å². The van der Waals surface area contributed by atoms with E-state index in [0.29, 0.717) is 6.54 Å². The summed E-state index contributed by atoms with van der Waals surface area (Å²) in [5, 5.41) is 12.2. The lowest BCUT2D eigenvalue weighted by molar-refractivity contribution is 0.281. The first kappa shape index (κ1) is 11.9. The van der Waals surface area contributed by atoms with E-state index >= 15 is 0 Å². The molecule has 16 heavy (non-hydrogen) atoms. The number of nitrogens with one attached hydrogen (secondary N) is 1. The van der Waals surface area contributed by atoms with E-state index in [0.717, 1.165) is 29.7 Å². The number of para-hydroxylation sites is 1. The normalized spacial score (nSPS) is 19.8. The highest BCUT2D eigenvalue weighted by Crippen LogP contribution is 2.36. The molecule has 2 rings (SSSR count). The molecule has 0 amide bonds. The Hall–Kier alpha value is -0.580. The van der Waals surface area contributed by atoms with Gasteiger partial charge in [0.1, 0.15) is 5.75 Å². The molecule has 0 radical (unpaired) electrons. The van der Waals surface area contributed by atoms with Crippen LogP contribution < -0.4 is 10.1 Å². The van der Waals surface area contributed by atoms with Crippen LogP contribution in [-0.4, -0.2) is 24.9 Å². The third kappa shape index (κ3) is 2.56. The van der Waals surface area contributed by atoms with E-state index in [1.54, 1.807) is 0 Å². The van der Waals surface area contributed by atoms with Gasteiger partial charge in [0.15, 0.2) is 0 Å². The van der Waals surface area contributed by atoms with E-state index in [4.69, 9.17) is 9.84 Å². The van der Waals surface area contributed by atoms with Gasteiger partial charge in [-0.3, -0.25) is 0 Å². The molecule has 0 fully saturated rings. The van der Waals surface area contributed by atoms with Crippen molar-refractivity contribution in [3.05, 3.63) is 28.2 Å². The summed E-state index contributed by atoms with van der Waals surface area (Å²) in [5.41, 5.74) is 1.18. The third-order valence-electron chi connectivity index (χ3n) is 2.76. The van der Waals surface area contributed by atoms with Crippen molar-refractivity contribution in [3.63, 3.8) is 0 Å². The summed E-state index contributed by atoms with van der Waals surface area (Å²) in [6.45, 7) is 1.55. The first-order valence-corrected chi connectivity index (χ1v) is 6.37. The summed E-state index contributed by atoms with van der Waals surface area (Å²) >= 11 is 3.51. The van der Waals surface area contributed by atoms with E-state index in [2.05, 4.69) is 27.3 Å². The summed E-state index contributed by atoms with van der Waals surface area (Å²) in [7, 11) is 0. The van der Waals surface area contributed by atoms with Crippen LogP contribution in [0, 0.1) is 0 Å². The zero-order valence-corrected chi connectivity index (χ0v) is 10.7. The highest BCUT2D eigenvalue weighted by atomic mass is 79.9. The quantitative estimate of drug-likeness (QED) is 0.895. The van der Waals surface area contributed by atoms with Crippen LogP contribution in [0.5, 0.6) is 5.75 Å². The molecule has 0 saturated heterocycles. The smallest absolute Gasteiger partial charge is 0.138 e. The van der Waals surface area contributed by atoms with E-state index < -0.39 is 0 Å². The molecule has 1 aliphatic rings. The Morgan fingerprint density at radius 1 is 1.50 bits per heavy atom. The zero-order chi connectivity index (χ0) is 11.4. The largest absolute Gasteiger partial charge is 0.492 e. The number of aliphatic hydroxyl groups excluding tert-OH is 1. The highest BCUT2D eigenvalue weighted by molar-refractivity contribution is 9.10. The molecule has 0 aliphatic carbocycles. The Morgan fingerprint density at radius 3 is 3.19 bits per heavy atom. The molecule has 1 atom stereocenters. The van der Waals surface area contributed by atoms with Gasteiger partial charge in [-0.25, -0.2) is 0 Å². The van der Waals surface area contributed by atoms with Crippen molar-refractivity contribution in [1.82, 2.24) is 5.32 Å². The molecule has 4 heteroatoms. The standard InChI is InChI=1S/C12H16BrNO2/c13-10-4-1-3-9-11(14-6-7-15)5-2-8-16-12(9)10/h1,3-4,11,14-15H,2,5-8H2. The van der Waals surface area contributed by atoms with Gasteiger partial charge >= 0.3 is 0 Å². The maximum absolute atomic E-state index is 8.87. The van der Waals surface area contributed by atoms with E-state index in [9.17, 15) is 0 Å². The third-order valence-corrected chi connectivity index (χ3v) is 3.38. The summed E-state index contributed by atoms with van der Waals surface area (Å²) < 4.78 is 6.74. The van der Waals surface area contributed by atoms with Gasteiger partial charge in [-0.05, 0) is 34.8 Å². The van der Waals surface area contributed by atoms with Gasteiger partial charge in [-0.2, -0.15) is 0 Å². The van der Waals surface area contributed by atoms with Gasteiger partial charge < -0.3 is 15.2 Å². The number of benzene rings is 1. The fourth-order valence-corrected chi connectivity index (χ4v) is 2.52. The van der Waals surface area contributed by atoms with Crippen LogP contribution in [0.15, 0.2) is 22.7 Å². The molecule has 0 aromatic heterocycles. The lowest BCUT2D eigenvalue weighted by Crippen LogP contribution is -2.24. The number of ether oxygens (including phenoxy) is 1. The predicted octanol–water partition coefficient (Wildman–Crippen LogP) is 2.24. The minimum Gasteiger partial charge on any atom is -0.492 e. The van der Waals surface area contributed by atoms with Crippen molar-refractivity contribution in [2.24, 2.45) is 0 Å². The number of hydrogen-bond acceptors (Lipinski definition) is 3. The number of fused-ring (bicyclic) bond motifs is 1. The van der Waals surface area contributed by atoms with Crippen LogP contribution in [0.3, 0.4) is 0 Å². The molecule has 88 valence electrons. The maximum Gasteiger partial charge on any atom is 0.138 e. The van der Waals surface area contributed by atoms with Gasteiger partial charge in [-0.15, -0.1) is 0 Å². The maximum atomic E-state index is 8.87. The number of aliphatic hydroxyl groups is 1. The van der Waals surface area contributed by atoms with E-state index in [1.165, 1.54) is 5.56 Å². The number of hydrogen-bond donors (Lipinski definition) is 2. The predicted molar refractivity (Wildman–Crippen MR) is 66.7 cm³/mol. The Bertz CT molecular complexity index is 357. The zero-order valence-electron chi connectivity index (χ0n) is 9.08. The van der Waals surface area contributed by atoms with Gasteiger partial charge in [0.2, 0.25) is 0 Å². The average Bonchev–Trinajstić information content (AvgIpc) is 2.50. The summed E-state index contributed by atoms with van der Waals surface area (Å²) in [5.74, 6) is 0.940. The second-order valence-electron chi connectivity index (χ2n) is 3.88. The summed E-state index contributed by atoms with van der Waals surface area (Å²) in [6.07, 6.45) is 2.08. The monoisotopic (exact) mass is 285 g/mol. The van der Waals surface area contributed by atoms with E-state index in [1.807, 2.05) is 12.1 Å². The lowest BCUT2D eigenvalue weighted by atomic mass is 10.0. The number of halogens is 1. The molecule has 2 N–H and O–H groups in total. The lowest BCUT2D eigenvalue weighted by Gasteiger charge is -2.18. The fraction of sp³-hybridized carbons (Fsp3) is 0.500. The van der Waals surface area contributed by atoms with Crippen LogP contribution in [0.4, 0.5) is 0 Å². The van der Waals surface area contributed by atoms with Crippen LogP contribution in [0.25, 0.3) is 0 Å². The van der Waals surface area contributed by atoms with Crippen LogP contribution in [0.1, 0.15) is 24.4 Å². The van der Waals surface area contributed by atoms with Crippen LogP contribution in [-0.2, 0) is 0 Å². The topological polar surface area (TPSA) is 41.5 Å². The van der Waals surface area contributed by atoms with Gasteiger partial charge in [0, 0.05) is 18.2 Å². The van der Waals surface area contributed by atoms with Crippen molar-refractivity contribution in [1.29, 1.82) is 0 Å². The Balaban J connectivity index is 2.26. The first-order valence-electron chi connectivity index (χ1n) is 5.58. The minimum absolute atomic E-state index is 0.167. The molecule has 0 spiro atoms. The summed E-state index contributed by atoms with van der Waals surface area (Å²) in [6, 6.07) is 6.38. The fourth-order valence-electron chi connectivity index (χ4n) is 2.02. The molecule has 3 nitrogen and oxygen atoms in total.